The lowest BCUT2D eigenvalue weighted by Gasteiger charge is -2.15. The van der Waals surface area contributed by atoms with Crippen molar-refractivity contribution in [3.8, 4) is 11.3 Å². The second kappa shape index (κ2) is 13.2. The number of aryl methyl sites for hydroxylation is 1. The zero-order chi connectivity index (χ0) is 21.8. The lowest BCUT2D eigenvalue weighted by Crippen LogP contribution is -2.03. The molecule has 1 aromatic heterocycles. The number of aromatic nitrogens is 2. The Hall–Kier alpha value is -2.11. The van der Waals surface area contributed by atoms with Gasteiger partial charge < -0.3 is 14.0 Å². The van der Waals surface area contributed by atoms with E-state index in [2.05, 4.69) is 34.4 Å². The van der Waals surface area contributed by atoms with Gasteiger partial charge in [0.2, 0.25) is 0 Å². The van der Waals surface area contributed by atoms with Crippen molar-refractivity contribution in [2.24, 2.45) is 7.05 Å². The van der Waals surface area contributed by atoms with E-state index in [1.165, 1.54) is 32.1 Å². The van der Waals surface area contributed by atoms with E-state index < -0.39 is 12.1 Å². The number of halogens is 1. The largest absolute Gasteiger partial charge is 0.388 e. The van der Waals surface area contributed by atoms with Crippen LogP contribution in [0.25, 0.3) is 17.3 Å². The van der Waals surface area contributed by atoms with Crippen LogP contribution in [0.3, 0.4) is 0 Å². The van der Waals surface area contributed by atoms with Crippen molar-refractivity contribution >= 4 is 23.9 Å². The molecule has 0 radical (unpaired) electrons. The number of hydrogen-bond acceptors (Lipinski definition) is 4. The highest BCUT2D eigenvalue weighted by Crippen LogP contribution is 2.29. The summed E-state index contributed by atoms with van der Waals surface area (Å²) in [6.07, 6.45) is 15.7. The maximum atomic E-state index is 11.2. The molecule has 0 aliphatic carbocycles. The molecule has 0 aliphatic rings. The number of imidazole rings is 1. The number of allylic oxidation sites excluding steroid dienone is 1. The molecule has 0 amide bonds. The number of unbranched alkanes of at least 4 members (excludes halogenated alkanes) is 5. The van der Waals surface area contributed by atoms with Crippen LogP contribution >= 0.6 is 11.9 Å². The van der Waals surface area contributed by atoms with Crippen molar-refractivity contribution < 1.29 is 14.2 Å². The van der Waals surface area contributed by atoms with E-state index in [0.29, 0.717) is 12.8 Å². The molecule has 5 nitrogen and oxygen atoms in total. The molecule has 0 saturated carbocycles. The number of rotatable bonds is 13. The van der Waals surface area contributed by atoms with Gasteiger partial charge in [0.05, 0.1) is 24.3 Å². The highest BCUT2D eigenvalue weighted by Gasteiger charge is 2.14. The molecule has 1 N–H and O–H groups in total. The van der Waals surface area contributed by atoms with Crippen molar-refractivity contribution in [1.82, 2.24) is 9.55 Å². The van der Waals surface area contributed by atoms with Gasteiger partial charge in [-0.2, -0.15) is 0 Å². The van der Waals surface area contributed by atoms with Crippen molar-refractivity contribution in [2.75, 3.05) is 0 Å². The molecule has 0 fully saturated rings. The van der Waals surface area contributed by atoms with Crippen molar-refractivity contribution in [3.05, 3.63) is 47.9 Å². The lowest BCUT2D eigenvalue weighted by atomic mass is 9.95. The minimum atomic E-state index is -0.655. The zero-order valence-corrected chi connectivity index (χ0v) is 18.8. The standard InChI is InChI=1S/C24H33ClN2O3/c1-3-4-5-6-7-8-9-11-19-16-20(22-17-26-18-27(22)2)14-15-21(19)23(28)12-10-13-24(29)30-25/h9,11,14-18,23,28H,3-8,10,12-13H2,1-2H3/b11-9+. The van der Waals surface area contributed by atoms with E-state index in [1.807, 2.05) is 29.9 Å². The molecule has 1 heterocycles. The number of hydrogen-bond donors (Lipinski definition) is 1. The van der Waals surface area contributed by atoms with Crippen LogP contribution in [0.1, 0.15) is 81.9 Å². The summed E-state index contributed by atoms with van der Waals surface area (Å²) in [6, 6.07) is 6.06. The molecule has 30 heavy (non-hydrogen) atoms. The summed E-state index contributed by atoms with van der Waals surface area (Å²) >= 11 is 5.07. The van der Waals surface area contributed by atoms with E-state index in [-0.39, 0.29) is 6.42 Å². The Kier molecular flexibility index (Phi) is 10.7. The Morgan fingerprint density at radius 2 is 2.07 bits per heavy atom. The molecule has 0 bridgehead atoms. The van der Waals surface area contributed by atoms with Crippen LogP contribution in [-0.2, 0) is 16.1 Å². The van der Waals surface area contributed by atoms with Gasteiger partial charge in [0, 0.05) is 19.0 Å². The number of aliphatic hydroxyl groups is 1. The fraction of sp³-hybridized carbons (Fsp3) is 0.500. The van der Waals surface area contributed by atoms with Gasteiger partial charge in [-0.1, -0.05) is 56.9 Å². The smallest absolute Gasteiger partial charge is 0.324 e. The fourth-order valence-corrected chi connectivity index (χ4v) is 3.60. The Morgan fingerprint density at radius 1 is 1.27 bits per heavy atom. The normalized spacial score (nSPS) is 12.4. The van der Waals surface area contributed by atoms with E-state index >= 15 is 0 Å². The van der Waals surface area contributed by atoms with Gasteiger partial charge in [-0.05, 0) is 42.9 Å². The Balaban J connectivity index is 2.12. The SMILES string of the molecule is CCCCCCC/C=C/c1cc(-c2cncn2C)ccc1C(O)CCCC(=O)OCl. The van der Waals surface area contributed by atoms with Gasteiger partial charge in [0.25, 0.3) is 0 Å². The molecule has 2 rings (SSSR count). The van der Waals surface area contributed by atoms with Gasteiger partial charge in [-0.25, -0.2) is 4.98 Å². The predicted molar refractivity (Wildman–Crippen MR) is 122 cm³/mol. The van der Waals surface area contributed by atoms with Crippen LogP contribution in [0.4, 0.5) is 0 Å². The van der Waals surface area contributed by atoms with Gasteiger partial charge in [0.15, 0.2) is 0 Å². The third-order valence-corrected chi connectivity index (χ3v) is 5.45. The van der Waals surface area contributed by atoms with Crippen LogP contribution in [-0.4, -0.2) is 20.6 Å². The molecule has 6 heteroatoms. The number of aliphatic hydroxyl groups excluding tert-OH is 1. The summed E-state index contributed by atoms with van der Waals surface area (Å²) in [4.78, 5) is 15.4. The van der Waals surface area contributed by atoms with Crippen molar-refractivity contribution in [3.63, 3.8) is 0 Å². The van der Waals surface area contributed by atoms with Crippen LogP contribution in [0.15, 0.2) is 36.8 Å². The molecule has 1 unspecified atom stereocenters. The Labute approximate surface area is 184 Å². The van der Waals surface area contributed by atoms with Crippen molar-refractivity contribution in [2.45, 2.75) is 70.8 Å². The average molecular weight is 433 g/mol. The molecular weight excluding hydrogens is 400 g/mol. The minimum Gasteiger partial charge on any atom is -0.388 e. The number of carbonyl (C=O) groups excluding carboxylic acids is 1. The zero-order valence-electron chi connectivity index (χ0n) is 18.0. The topological polar surface area (TPSA) is 64.3 Å². The van der Waals surface area contributed by atoms with Crippen LogP contribution in [0.5, 0.6) is 0 Å². The molecule has 0 saturated heterocycles. The summed E-state index contributed by atoms with van der Waals surface area (Å²) in [5, 5.41) is 10.7. The molecule has 0 spiro atoms. The molecule has 1 atom stereocenters. The first-order chi connectivity index (χ1) is 14.6. The third kappa shape index (κ3) is 7.62. The van der Waals surface area contributed by atoms with Crippen LogP contribution < -0.4 is 0 Å². The second-order valence-electron chi connectivity index (χ2n) is 7.70. The molecule has 164 valence electrons. The second-order valence-corrected chi connectivity index (χ2v) is 7.85. The van der Waals surface area contributed by atoms with Crippen LogP contribution in [0, 0.1) is 0 Å². The first-order valence-corrected chi connectivity index (χ1v) is 11.1. The van der Waals surface area contributed by atoms with E-state index in [9.17, 15) is 9.90 Å². The molecule has 2 aromatic rings. The molecule has 1 aromatic carbocycles. The first kappa shape index (κ1) is 24.2. The summed E-state index contributed by atoms with van der Waals surface area (Å²) < 4.78 is 6.14. The predicted octanol–water partition coefficient (Wildman–Crippen LogP) is 6.36. The van der Waals surface area contributed by atoms with E-state index in [4.69, 9.17) is 11.9 Å². The lowest BCUT2D eigenvalue weighted by molar-refractivity contribution is -0.134. The summed E-state index contributed by atoms with van der Waals surface area (Å²) in [5.74, 6) is -0.474. The average Bonchev–Trinajstić information content (AvgIpc) is 3.18. The van der Waals surface area contributed by atoms with Crippen LogP contribution in [0.2, 0.25) is 0 Å². The fourth-order valence-electron chi connectivity index (χ4n) is 3.53. The highest BCUT2D eigenvalue weighted by molar-refractivity contribution is 6.13. The minimum absolute atomic E-state index is 0.191. The highest BCUT2D eigenvalue weighted by atomic mass is 35.5. The number of benzene rings is 1. The maximum Gasteiger partial charge on any atom is 0.324 e. The summed E-state index contributed by atoms with van der Waals surface area (Å²) in [5.41, 5.74) is 3.94. The van der Waals surface area contributed by atoms with E-state index in [1.54, 1.807) is 6.33 Å². The van der Waals surface area contributed by atoms with Gasteiger partial charge >= 0.3 is 5.97 Å². The first-order valence-electron chi connectivity index (χ1n) is 10.8. The molecule has 0 aliphatic heterocycles. The van der Waals surface area contributed by atoms with Gasteiger partial charge in [0.1, 0.15) is 11.9 Å². The Bertz CT molecular complexity index is 817. The van der Waals surface area contributed by atoms with E-state index in [0.717, 1.165) is 28.8 Å². The van der Waals surface area contributed by atoms with Crippen molar-refractivity contribution in [1.29, 1.82) is 0 Å². The molecular formula is C24H33ClN2O3. The Morgan fingerprint density at radius 3 is 2.77 bits per heavy atom. The third-order valence-electron chi connectivity index (χ3n) is 5.27. The summed E-state index contributed by atoms with van der Waals surface area (Å²) in [6.45, 7) is 2.22. The quantitative estimate of drug-likeness (QED) is 0.374. The summed E-state index contributed by atoms with van der Waals surface area (Å²) in [7, 11) is 1.97. The number of nitrogens with zero attached hydrogens (tertiary/aromatic N) is 2. The van der Waals surface area contributed by atoms with Gasteiger partial charge in [-0.15, -0.1) is 0 Å². The van der Waals surface area contributed by atoms with Gasteiger partial charge in [-0.3, -0.25) is 4.79 Å². The number of carbonyl (C=O) groups is 1. The maximum absolute atomic E-state index is 11.2. The monoisotopic (exact) mass is 432 g/mol.